The van der Waals surface area contributed by atoms with Crippen LogP contribution in [0.3, 0.4) is 0 Å². The van der Waals surface area contributed by atoms with Crippen LogP contribution in [0.1, 0.15) is 64.4 Å². The number of hydrogen-bond acceptors (Lipinski definition) is 9. The van der Waals surface area contributed by atoms with E-state index in [9.17, 15) is 18.8 Å². The molecule has 0 saturated carbocycles. The number of hydrogen-bond donors (Lipinski definition) is 0. The molecule has 1 aromatic heterocycles. The third kappa shape index (κ3) is 8.71. The second-order valence-electron chi connectivity index (χ2n) is 8.88. The lowest BCUT2D eigenvalue weighted by atomic mass is 9.92. The highest BCUT2D eigenvalue weighted by molar-refractivity contribution is 5.99. The summed E-state index contributed by atoms with van der Waals surface area (Å²) >= 11 is 0. The second kappa shape index (κ2) is 14.9. The van der Waals surface area contributed by atoms with Gasteiger partial charge in [-0.3, -0.25) is 14.4 Å². The van der Waals surface area contributed by atoms with Gasteiger partial charge in [-0.05, 0) is 37.8 Å². The number of esters is 2. The summed E-state index contributed by atoms with van der Waals surface area (Å²) in [6, 6.07) is 7.31. The van der Waals surface area contributed by atoms with Crippen LogP contribution < -0.4 is 14.2 Å². The maximum absolute atomic E-state index is 13.7. The standard InChI is InChI=1S/C28H36FNO8/c1-7-20(8-2)26(38-22-11-9-10-21(29)15-22)18(4)37-28(33)17(3)14-23(32)25-27(36-16-35-19(5)31)24(34-6)12-13-30-25/h9-13,15,17-18,20,26H,7-8,14,16H2,1-6H3/t17-,18+,26+/m1/s1. The summed E-state index contributed by atoms with van der Waals surface area (Å²) in [5, 5.41) is 0. The van der Waals surface area contributed by atoms with Crippen LogP contribution in [0, 0.1) is 17.7 Å². The zero-order valence-corrected chi connectivity index (χ0v) is 22.7. The number of methoxy groups -OCH3 is 1. The fourth-order valence-electron chi connectivity index (χ4n) is 3.95. The summed E-state index contributed by atoms with van der Waals surface area (Å²) in [6.07, 6.45) is 1.52. The third-order valence-corrected chi connectivity index (χ3v) is 6.06. The van der Waals surface area contributed by atoms with E-state index in [1.165, 1.54) is 38.4 Å². The second-order valence-corrected chi connectivity index (χ2v) is 8.88. The van der Waals surface area contributed by atoms with Gasteiger partial charge in [-0.2, -0.15) is 0 Å². The minimum atomic E-state index is -0.809. The molecule has 2 rings (SSSR count). The molecule has 1 heterocycles. The molecule has 0 spiro atoms. The molecular formula is C28H36FNO8. The Morgan fingerprint density at radius 1 is 1.08 bits per heavy atom. The van der Waals surface area contributed by atoms with E-state index in [-0.39, 0.29) is 29.5 Å². The highest BCUT2D eigenvalue weighted by atomic mass is 19.1. The van der Waals surface area contributed by atoms with E-state index in [1.54, 1.807) is 26.0 Å². The van der Waals surface area contributed by atoms with Gasteiger partial charge in [-0.15, -0.1) is 0 Å². The van der Waals surface area contributed by atoms with Crippen molar-refractivity contribution < 1.29 is 42.5 Å². The lowest BCUT2D eigenvalue weighted by molar-refractivity contribution is -0.159. The molecule has 2 aromatic rings. The lowest BCUT2D eigenvalue weighted by Crippen LogP contribution is -2.40. The van der Waals surface area contributed by atoms with E-state index in [0.29, 0.717) is 5.75 Å². The Hall–Kier alpha value is -3.69. The molecule has 0 aliphatic rings. The molecule has 208 valence electrons. The first-order valence-corrected chi connectivity index (χ1v) is 12.6. The van der Waals surface area contributed by atoms with Crippen LogP contribution in [0.5, 0.6) is 17.2 Å². The summed E-state index contributed by atoms with van der Waals surface area (Å²) < 4.78 is 41.0. The van der Waals surface area contributed by atoms with Gasteiger partial charge >= 0.3 is 11.9 Å². The predicted octanol–water partition coefficient (Wildman–Crippen LogP) is 5.15. The zero-order valence-electron chi connectivity index (χ0n) is 22.7. The maximum atomic E-state index is 13.7. The number of rotatable bonds is 15. The van der Waals surface area contributed by atoms with E-state index >= 15 is 0 Å². The topological polar surface area (TPSA) is 110 Å². The number of aromatic nitrogens is 1. The number of benzene rings is 1. The molecule has 0 fully saturated rings. The van der Waals surface area contributed by atoms with Gasteiger partial charge in [0.05, 0.1) is 13.0 Å². The average molecular weight is 534 g/mol. The summed E-state index contributed by atoms with van der Waals surface area (Å²) in [6.45, 7) is 8.10. The fourth-order valence-corrected chi connectivity index (χ4v) is 3.95. The number of nitrogens with zero attached hydrogens (tertiary/aromatic N) is 1. The van der Waals surface area contributed by atoms with Gasteiger partial charge in [0.2, 0.25) is 6.79 Å². The van der Waals surface area contributed by atoms with Crippen molar-refractivity contribution in [3.8, 4) is 17.2 Å². The Labute approximate surface area is 222 Å². The Morgan fingerprint density at radius 3 is 2.39 bits per heavy atom. The van der Waals surface area contributed by atoms with Gasteiger partial charge in [0.1, 0.15) is 23.8 Å². The van der Waals surface area contributed by atoms with Crippen LogP contribution in [0.4, 0.5) is 4.39 Å². The van der Waals surface area contributed by atoms with Gasteiger partial charge in [0, 0.05) is 31.7 Å². The maximum Gasteiger partial charge on any atom is 0.309 e. The number of pyridine rings is 1. The Balaban J connectivity index is 2.12. The van der Waals surface area contributed by atoms with E-state index in [2.05, 4.69) is 4.98 Å². The first-order valence-electron chi connectivity index (χ1n) is 12.6. The number of ether oxygens (including phenoxy) is 5. The third-order valence-electron chi connectivity index (χ3n) is 6.06. The molecule has 0 saturated heterocycles. The highest BCUT2D eigenvalue weighted by Crippen LogP contribution is 2.31. The SMILES string of the molecule is CCC(CC)[C@@H](Oc1cccc(F)c1)[C@H](C)OC(=O)[C@H](C)CC(=O)c1nccc(OC)c1OCOC(C)=O. The van der Waals surface area contributed by atoms with Gasteiger partial charge in [0.25, 0.3) is 0 Å². The van der Waals surface area contributed by atoms with Crippen molar-refractivity contribution in [2.45, 2.75) is 66.1 Å². The van der Waals surface area contributed by atoms with Gasteiger partial charge in [0.15, 0.2) is 23.0 Å². The van der Waals surface area contributed by atoms with Gasteiger partial charge in [-0.25, -0.2) is 9.37 Å². The first kappa shape index (κ1) is 30.5. The molecule has 0 amide bonds. The quantitative estimate of drug-likeness (QED) is 0.174. The summed E-state index contributed by atoms with van der Waals surface area (Å²) in [5.74, 6) is -2.23. The van der Waals surface area contributed by atoms with E-state index < -0.39 is 48.5 Å². The number of halogens is 1. The monoisotopic (exact) mass is 533 g/mol. The van der Waals surface area contributed by atoms with Crippen molar-refractivity contribution in [3.63, 3.8) is 0 Å². The van der Waals surface area contributed by atoms with Crippen molar-refractivity contribution >= 4 is 17.7 Å². The Bertz CT molecular complexity index is 1090. The Kier molecular flexibility index (Phi) is 12.0. The van der Waals surface area contributed by atoms with Gasteiger partial charge in [-0.1, -0.05) is 26.8 Å². The van der Waals surface area contributed by atoms with Crippen LogP contribution in [0.2, 0.25) is 0 Å². The molecule has 0 aliphatic heterocycles. The molecule has 0 aliphatic carbocycles. The van der Waals surface area contributed by atoms with E-state index in [4.69, 9.17) is 23.7 Å². The number of carbonyl (C=O) groups excluding carboxylic acids is 3. The van der Waals surface area contributed by atoms with Crippen molar-refractivity contribution in [1.29, 1.82) is 0 Å². The molecule has 0 bridgehead atoms. The molecule has 10 heteroatoms. The van der Waals surface area contributed by atoms with Crippen LogP contribution in [0.15, 0.2) is 36.5 Å². The smallest absolute Gasteiger partial charge is 0.309 e. The van der Waals surface area contributed by atoms with Crippen molar-refractivity contribution in [2.75, 3.05) is 13.9 Å². The molecule has 38 heavy (non-hydrogen) atoms. The van der Waals surface area contributed by atoms with Crippen molar-refractivity contribution in [3.05, 3.63) is 48.0 Å². The molecule has 3 atom stereocenters. The number of ketones is 1. The largest absolute Gasteiger partial charge is 0.493 e. The fraction of sp³-hybridized carbons (Fsp3) is 0.500. The Morgan fingerprint density at radius 2 is 1.79 bits per heavy atom. The van der Waals surface area contributed by atoms with Crippen molar-refractivity contribution in [1.82, 2.24) is 4.98 Å². The summed E-state index contributed by atoms with van der Waals surface area (Å²) in [5.41, 5.74) is -0.0615. The molecule has 1 aromatic carbocycles. The first-order chi connectivity index (χ1) is 18.1. The minimum absolute atomic E-state index is 0.00692. The van der Waals surface area contributed by atoms with Crippen LogP contribution >= 0.6 is 0 Å². The molecule has 0 unspecified atom stereocenters. The molecular weight excluding hydrogens is 497 g/mol. The number of Topliss-reactive ketones (excluding diaryl/α,β-unsaturated/α-hetero) is 1. The summed E-state index contributed by atoms with van der Waals surface area (Å²) in [4.78, 5) is 41.2. The van der Waals surface area contributed by atoms with E-state index in [1.807, 2.05) is 13.8 Å². The number of carbonyl (C=O) groups is 3. The predicted molar refractivity (Wildman–Crippen MR) is 137 cm³/mol. The molecule has 9 nitrogen and oxygen atoms in total. The lowest BCUT2D eigenvalue weighted by Gasteiger charge is -2.31. The normalized spacial score (nSPS) is 13.3. The van der Waals surface area contributed by atoms with Crippen LogP contribution in [-0.4, -0.2) is 48.8 Å². The highest BCUT2D eigenvalue weighted by Gasteiger charge is 2.32. The molecule has 0 N–H and O–H groups in total. The molecule has 0 radical (unpaired) electrons. The van der Waals surface area contributed by atoms with Crippen LogP contribution in [-0.2, 0) is 19.1 Å². The minimum Gasteiger partial charge on any atom is -0.493 e. The van der Waals surface area contributed by atoms with Crippen LogP contribution in [0.25, 0.3) is 0 Å². The van der Waals surface area contributed by atoms with E-state index in [0.717, 1.165) is 12.8 Å². The zero-order chi connectivity index (χ0) is 28.2. The van der Waals surface area contributed by atoms with Gasteiger partial charge < -0.3 is 23.7 Å². The summed E-state index contributed by atoms with van der Waals surface area (Å²) in [7, 11) is 1.39. The average Bonchev–Trinajstić information content (AvgIpc) is 2.88. The van der Waals surface area contributed by atoms with Crippen molar-refractivity contribution in [2.24, 2.45) is 11.8 Å².